The van der Waals surface area contributed by atoms with E-state index in [0.29, 0.717) is 5.84 Å². The van der Waals surface area contributed by atoms with Crippen molar-refractivity contribution in [2.24, 2.45) is 28.1 Å². The molecule has 1 saturated carbocycles. The number of hydrogen-bond acceptors (Lipinski definition) is 3. The minimum Gasteiger partial charge on any atom is -0.409 e. The highest BCUT2D eigenvalue weighted by molar-refractivity contribution is 5.85. The standard InChI is InChI=1S/C16H33N3O/c1-13-5-7-14(8-6-13)9-12-18-11-4-10-16(2,3)15(17)19-20/h13-14,18,20H,4-12H2,1-3H3,(H2,17,19). The van der Waals surface area contributed by atoms with Crippen LogP contribution in [0.3, 0.4) is 0 Å². The number of rotatable bonds is 8. The summed E-state index contributed by atoms with van der Waals surface area (Å²) in [4.78, 5) is 0. The van der Waals surface area contributed by atoms with Gasteiger partial charge in [-0.05, 0) is 44.2 Å². The molecule has 4 N–H and O–H groups in total. The van der Waals surface area contributed by atoms with Crippen LogP contribution in [0.15, 0.2) is 5.16 Å². The van der Waals surface area contributed by atoms with Gasteiger partial charge in [0.1, 0.15) is 5.84 Å². The predicted octanol–water partition coefficient (Wildman–Crippen LogP) is 3.35. The first-order valence-electron chi connectivity index (χ1n) is 8.14. The lowest BCUT2D eigenvalue weighted by Crippen LogP contribution is -2.32. The minimum absolute atomic E-state index is 0.212. The van der Waals surface area contributed by atoms with Crippen molar-refractivity contribution in [1.82, 2.24) is 5.32 Å². The van der Waals surface area contributed by atoms with Crippen molar-refractivity contribution in [3.8, 4) is 0 Å². The van der Waals surface area contributed by atoms with Gasteiger partial charge in [-0.1, -0.05) is 51.6 Å². The molecule has 118 valence electrons. The summed E-state index contributed by atoms with van der Waals surface area (Å²) >= 11 is 0. The Balaban J connectivity index is 2.02. The van der Waals surface area contributed by atoms with Crippen molar-refractivity contribution in [2.45, 2.75) is 65.7 Å². The van der Waals surface area contributed by atoms with Gasteiger partial charge in [0.25, 0.3) is 0 Å². The summed E-state index contributed by atoms with van der Waals surface area (Å²) in [5, 5.41) is 15.4. The maximum atomic E-state index is 8.72. The predicted molar refractivity (Wildman–Crippen MR) is 85.0 cm³/mol. The van der Waals surface area contributed by atoms with Crippen molar-refractivity contribution in [3.63, 3.8) is 0 Å². The van der Waals surface area contributed by atoms with Crippen LogP contribution < -0.4 is 11.1 Å². The van der Waals surface area contributed by atoms with Crippen LogP contribution in [0.5, 0.6) is 0 Å². The largest absolute Gasteiger partial charge is 0.409 e. The fraction of sp³-hybridized carbons (Fsp3) is 0.938. The molecular formula is C16H33N3O. The number of nitrogens with zero attached hydrogens (tertiary/aromatic N) is 1. The molecule has 1 aliphatic rings. The number of oxime groups is 1. The third-order valence-electron chi connectivity index (χ3n) is 4.82. The number of amidine groups is 1. The van der Waals surface area contributed by atoms with Crippen LogP contribution >= 0.6 is 0 Å². The number of nitrogens with one attached hydrogen (secondary N) is 1. The molecule has 0 saturated heterocycles. The lowest BCUT2D eigenvalue weighted by atomic mass is 9.81. The Kier molecular flexibility index (Phi) is 7.35. The molecule has 0 aromatic rings. The summed E-state index contributed by atoms with van der Waals surface area (Å²) < 4.78 is 0. The maximum Gasteiger partial charge on any atom is 0.144 e. The van der Waals surface area contributed by atoms with Crippen molar-refractivity contribution in [2.75, 3.05) is 13.1 Å². The first-order chi connectivity index (χ1) is 9.45. The SMILES string of the molecule is CC1CCC(CCNCCCC(C)(C)C(N)=NO)CC1. The Labute approximate surface area is 124 Å². The molecule has 1 aliphatic carbocycles. The molecule has 0 heterocycles. The lowest BCUT2D eigenvalue weighted by Gasteiger charge is -2.26. The van der Waals surface area contributed by atoms with Gasteiger partial charge in [0, 0.05) is 5.41 Å². The van der Waals surface area contributed by atoms with E-state index in [1.54, 1.807) is 0 Å². The lowest BCUT2D eigenvalue weighted by molar-refractivity contribution is 0.274. The van der Waals surface area contributed by atoms with Crippen LogP contribution in [-0.4, -0.2) is 24.1 Å². The van der Waals surface area contributed by atoms with Crippen molar-refractivity contribution in [3.05, 3.63) is 0 Å². The highest BCUT2D eigenvalue weighted by Gasteiger charge is 2.22. The first-order valence-corrected chi connectivity index (χ1v) is 8.14. The average Bonchev–Trinajstić information content (AvgIpc) is 2.43. The van der Waals surface area contributed by atoms with Gasteiger partial charge in [-0.25, -0.2) is 0 Å². The molecule has 0 aromatic carbocycles. The molecule has 4 heteroatoms. The molecular weight excluding hydrogens is 250 g/mol. The molecule has 0 aliphatic heterocycles. The smallest absolute Gasteiger partial charge is 0.144 e. The summed E-state index contributed by atoms with van der Waals surface area (Å²) in [6, 6.07) is 0. The third-order valence-corrected chi connectivity index (χ3v) is 4.82. The Morgan fingerprint density at radius 2 is 1.90 bits per heavy atom. The van der Waals surface area contributed by atoms with E-state index in [4.69, 9.17) is 10.9 Å². The number of nitrogens with two attached hydrogens (primary N) is 1. The summed E-state index contributed by atoms with van der Waals surface area (Å²) in [6.45, 7) is 8.56. The molecule has 0 aromatic heterocycles. The van der Waals surface area contributed by atoms with Gasteiger partial charge >= 0.3 is 0 Å². The third kappa shape index (κ3) is 6.12. The van der Waals surface area contributed by atoms with E-state index in [2.05, 4.69) is 17.4 Å². The second-order valence-corrected chi connectivity index (χ2v) is 7.14. The topological polar surface area (TPSA) is 70.6 Å². The highest BCUT2D eigenvalue weighted by atomic mass is 16.4. The van der Waals surface area contributed by atoms with Crippen LogP contribution in [0.4, 0.5) is 0 Å². The van der Waals surface area contributed by atoms with Crippen LogP contribution in [0, 0.1) is 17.3 Å². The monoisotopic (exact) mass is 283 g/mol. The summed E-state index contributed by atoms with van der Waals surface area (Å²) in [7, 11) is 0. The molecule has 0 spiro atoms. The van der Waals surface area contributed by atoms with Crippen LogP contribution in [-0.2, 0) is 0 Å². The average molecular weight is 283 g/mol. The molecule has 20 heavy (non-hydrogen) atoms. The van der Waals surface area contributed by atoms with Crippen LogP contribution in [0.25, 0.3) is 0 Å². The van der Waals surface area contributed by atoms with Crippen LogP contribution in [0.1, 0.15) is 65.7 Å². The van der Waals surface area contributed by atoms with E-state index in [1.165, 1.54) is 32.1 Å². The number of hydrogen-bond donors (Lipinski definition) is 3. The molecule has 0 amide bonds. The minimum atomic E-state index is -0.212. The summed E-state index contributed by atoms with van der Waals surface area (Å²) in [6.07, 6.45) is 8.98. The van der Waals surface area contributed by atoms with E-state index >= 15 is 0 Å². The van der Waals surface area contributed by atoms with Gasteiger partial charge < -0.3 is 16.3 Å². The zero-order valence-electron chi connectivity index (χ0n) is 13.5. The molecule has 0 unspecified atom stereocenters. The maximum absolute atomic E-state index is 8.72. The molecule has 0 radical (unpaired) electrons. The zero-order chi connectivity index (χ0) is 15.0. The molecule has 0 atom stereocenters. The normalized spacial score (nSPS) is 24.9. The molecule has 4 nitrogen and oxygen atoms in total. The fourth-order valence-electron chi connectivity index (χ4n) is 2.97. The van der Waals surface area contributed by atoms with Gasteiger partial charge in [0.15, 0.2) is 0 Å². The quantitative estimate of drug-likeness (QED) is 0.210. The fourth-order valence-corrected chi connectivity index (χ4v) is 2.97. The van der Waals surface area contributed by atoms with Crippen molar-refractivity contribution >= 4 is 5.84 Å². The molecule has 0 bridgehead atoms. The van der Waals surface area contributed by atoms with E-state index in [9.17, 15) is 0 Å². The summed E-state index contributed by atoms with van der Waals surface area (Å²) in [5.74, 6) is 2.21. The second kappa shape index (κ2) is 8.50. The van der Waals surface area contributed by atoms with E-state index in [-0.39, 0.29) is 5.41 Å². The van der Waals surface area contributed by atoms with Gasteiger partial charge in [0.2, 0.25) is 0 Å². The Bertz CT molecular complexity index is 294. The van der Waals surface area contributed by atoms with Crippen molar-refractivity contribution in [1.29, 1.82) is 0 Å². The second-order valence-electron chi connectivity index (χ2n) is 7.14. The first kappa shape index (κ1) is 17.3. The Hall–Kier alpha value is -0.770. The Morgan fingerprint density at radius 1 is 1.25 bits per heavy atom. The van der Waals surface area contributed by atoms with Gasteiger partial charge in [-0.15, -0.1) is 0 Å². The van der Waals surface area contributed by atoms with E-state index in [1.807, 2.05) is 13.8 Å². The van der Waals surface area contributed by atoms with Gasteiger partial charge in [-0.2, -0.15) is 0 Å². The Morgan fingerprint density at radius 3 is 2.50 bits per heavy atom. The van der Waals surface area contributed by atoms with Crippen molar-refractivity contribution < 1.29 is 5.21 Å². The zero-order valence-corrected chi connectivity index (χ0v) is 13.5. The van der Waals surface area contributed by atoms with Gasteiger partial charge in [0.05, 0.1) is 0 Å². The summed E-state index contributed by atoms with van der Waals surface area (Å²) in [5.41, 5.74) is 5.47. The van der Waals surface area contributed by atoms with E-state index in [0.717, 1.165) is 37.8 Å². The highest BCUT2D eigenvalue weighted by Crippen LogP contribution is 2.29. The van der Waals surface area contributed by atoms with Gasteiger partial charge in [-0.3, -0.25) is 0 Å². The molecule has 1 rings (SSSR count). The van der Waals surface area contributed by atoms with E-state index < -0.39 is 0 Å². The molecule has 1 fully saturated rings. The van der Waals surface area contributed by atoms with Crippen LogP contribution in [0.2, 0.25) is 0 Å².